The summed E-state index contributed by atoms with van der Waals surface area (Å²) >= 11 is 12.5. The molecule has 0 heterocycles. The zero-order valence-corrected chi connectivity index (χ0v) is 28.0. The van der Waals surface area contributed by atoms with E-state index in [9.17, 15) is 18.0 Å². The summed E-state index contributed by atoms with van der Waals surface area (Å²) in [6, 6.07) is 28.4. The summed E-state index contributed by atoms with van der Waals surface area (Å²) in [5, 5.41) is 3.67. The predicted molar refractivity (Wildman–Crippen MR) is 181 cm³/mol. The Bertz CT molecular complexity index is 1740. The molecule has 0 saturated carbocycles. The van der Waals surface area contributed by atoms with Gasteiger partial charge in [0.25, 0.3) is 10.0 Å². The molecule has 236 valence electrons. The van der Waals surface area contributed by atoms with Gasteiger partial charge in [-0.1, -0.05) is 96.0 Å². The maximum absolute atomic E-state index is 14.6. The zero-order chi connectivity index (χ0) is 32.8. The molecule has 0 aliphatic carbocycles. The van der Waals surface area contributed by atoms with Crippen LogP contribution in [-0.2, 0) is 32.6 Å². The van der Waals surface area contributed by atoms with E-state index in [0.29, 0.717) is 26.9 Å². The third-order valence-corrected chi connectivity index (χ3v) is 9.61. The van der Waals surface area contributed by atoms with Crippen molar-refractivity contribution in [1.29, 1.82) is 0 Å². The number of carbonyl (C=O) groups is 2. The lowest BCUT2D eigenvalue weighted by atomic mass is 10.0. The van der Waals surface area contributed by atoms with Gasteiger partial charge in [-0.15, -0.1) is 0 Å². The van der Waals surface area contributed by atoms with Crippen molar-refractivity contribution in [2.75, 3.05) is 10.8 Å². The van der Waals surface area contributed by atoms with Crippen LogP contribution >= 0.6 is 23.2 Å². The van der Waals surface area contributed by atoms with Crippen molar-refractivity contribution in [2.24, 2.45) is 0 Å². The first-order chi connectivity index (χ1) is 21.3. The van der Waals surface area contributed by atoms with Gasteiger partial charge < -0.3 is 10.2 Å². The fourth-order valence-corrected chi connectivity index (χ4v) is 6.74. The van der Waals surface area contributed by atoms with Crippen molar-refractivity contribution < 1.29 is 18.0 Å². The summed E-state index contributed by atoms with van der Waals surface area (Å²) < 4.78 is 29.3. The van der Waals surface area contributed by atoms with E-state index in [1.165, 1.54) is 17.0 Å². The van der Waals surface area contributed by atoms with Gasteiger partial charge in [-0.05, 0) is 74.7 Å². The van der Waals surface area contributed by atoms with E-state index in [0.717, 1.165) is 9.87 Å². The Kier molecular flexibility index (Phi) is 11.0. The number of hydrogen-bond donors (Lipinski definition) is 1. The highest BCUT2D eigenvalue weighted by Gasteiger charge is 2.36. The van der Waals surface area contributed by atoms with Gasteiger partial charge in [-0.3, -0.25) is 13.9 Å². The summed E-state index contributed by atoms with van der Waals surface area (Å²) in [7, 11) is -4.18. The molecule has 0 aliphatic heterocycles. The fourth-order valence-electron chi connectivity index (χ4n) is 4.92. The lowest BCUT2D eigenvalue weighted by Gasteiger charge is -2.35. The molecule has 0 aromatic heterocycles. The molecular formula is C35H37Cl2N3O4S. The lowest BCUT2D eigenvalue weighted by Crippen LogP contribution is -2.56. The Hall–Kier alpha value is -3.85. The van der Waals surface area contributed by atoms with Crippen LogP contribution in [0.15, 0.2) is 108 Å². The molecule has 4 aromatic carbocycles. The number of amides is 2. The lowest BCUT2D eigenvalue weighted by molar-refractivity contribution is -0.140. The zero-order valence-electron chi connectivity index (χ0n) is 25.7. The van der Waals surface area contributed by atoms with E-state index >= 15 is 0 Å². The highest BCUT2D eigenvalue weighted by atomic mass is 35.5. The van der Waals surface area contributed by atoms with Crippen LogP contribution in [0.25, 0.3) is 0 Å². The van der Waals surface area contributed by atoms with Crippen molar-refractivity contribution in [3.05, 3.63) is 130 Å². The third-order valence-electron chi connectivity index (χ3n) is 7.10. The third kappa shape index (κ3) is 8.87. The van der Waals surface area contributed by atoms with E-state index in [-0.39, 0.29) is 23.8 Å². The molecule has 0 unspecified atom stereocenters. The SMILES string of the molecule is Cc1ccccc1N(CC(=O)N(Cc1ccc(Cl)c(Cl)c1)[C@H](Cc1ccccc1)C(=O)NC(C)(C)C)S(=O)(=O)c1ccccc1. The van der Waals surface area contributed by atoms with Crippen LogP contribution in [0, 0.1) is 6.92 Å². The predicted octanol–water partition coefficient (Wildman–Crippen LogP) is 7.05. The topological polar surface area (TPSA) is 86.8 Å². The number of rotatable bonds is 11. The van der Waals surface area contributed by atoms with Crippen LogP contribution in [0.1, 0.15) is 37.5 Å². The van der Waals surface area contributed by atoms with Crippen molar-refractivity contribution in [3.8, 4) is 0 Å². The molecule has 10 heteroatoms. The number of hydrogen-bond acceptors (Lipinski definition) is 4. The van der Waals surface area contributed by atoms with E-state index < -0.39 is 34.1 Å². The number of aryl methyl sites for hydroxylation is 1. The molecule has 1 N–H and O–H groups in total. The van der Waals surface area contributed by atoms with Crippen LogP contribution in [0.3, 0.4) is 0 Å². The highest BCUT2D eigenvalue weighted by molar-refractivity contribution is 7.92. The van der Waals surface area contributed by atoms with Gasteiger partial charge in [-0.25, -0.2) is 8.42 Å². The molecule has 0 fully saturated rings. The molecule has 1 atom stereocenters. The average molecular weight is 667 g/mol. The van der Waals surface area contributed by atoms with Crippen molar-refractivity contribution in [2.45, 2.75) is 57.1 Å². The second kappa shape index (κ2) is 14.5. The summed E-state index contributed by atoms with van der Waals surface area (Å²) in [6.45, 7) is 6.82. The van der Waals surface area contributed by atoms with Crippen LogP contribution < -0.4 is 9.62 Å². The first-order valence-electron chi connectivity index (χ1n) is 14.5. The number of anilines is 1. The van der Waals surface area contributed by atoms with Gasteiger partial charge in [0.2, 0.25) is 11.8 Å². The minimum atomic E-state index is -4.18. The van der Waals surface area contributed by atoms with Gasteiger partial charge in [0.15, 0.2) is 0 Å². The number of para-hydroxylation sites is 1. The van der Waals surface area contributed by atoms with Crippen molar-refractivity contribution >= 4 is 50.7 Å². The highest BCUT2D eigenvalue weighted by Crippen LogP contribution is 2.28. The second-order valence-corrected chi connectivity index (χ2v) is 14.5. The molecule has 7 nitrogen and oxygen atoms in total. The van der Waals surface area contributed by atoms with Crippen molar-refractivity contribution in [1.82, 2.24) is 10.2 Å². The van der Waals surface area contributed by atoms with Gasteiger partial charge in [0.05, 0.1) is 20.6 Å². The molecule has 0 bridgehead atoms. The maximum Gasteiger partial charge on any atom is 0.264 e. The number of halogens is 2. The van der Waals surface area contributed by atoms with E-state index in [1.54, 1.807) is 67.6 Å². The molecule has 45 heavy (non-hydrogen) atoms. The Labute approximate surface area is 275 Å². The quantitative estimate of drug-likeness (QED) is 0.186. The minimum absolute atomic E-state index is 0.0161. The van der Waals surface area contributed by atoms with Crippen LogP contribution in [0.4, 0.5) is 5.69 Å². The number of nitrogens with zero attached hydrogens (tertiary/aromatic N) is 2. The average Bonchev–Trinajstić information content (AvgIpc) is 3.00. The van der Waals surface area contributed by atoms with Gasteiger partial charge >= 0.3 is 0 Å². The number of benzene rings is 4. The van der Waals surface area contributed by atoms with E-state index in [4.69, 9.17) is 23.2 Å². The smallest absolute Gasteiger partial charge is 0.264 e. The normalized spacial score (nSPS) is 12.3. The Morgan fingerprint density at radius 3 is 2.00 bits per heavy atom. The molecule has 4 aromatic rings. The minimum Gasteiger partial charge on any atom is -0.350 e. The van der Waals surface area contributed by atoms with Gasteiger partial charge in [0.1, 0.15) is 12.6 Å². The molecule has 0 aliphatic rings. The summed E-state index contributed by atoms with van der Waals surface area (Å²) in [5.74, 6) is -0.929. The van der Waals surface area contributed by atoms with Crippen LogP contribution in [0.2, 0.25) is 10.0 Å². The molecule has 4 rings (SSSR count). The molecule has 0 spiro atoms. The monoisotopic (exact) mass is 665 g/mol. The van der Waals surface area contributed by atoms with Gasteiger partial charge in [-0.2, -0.15) is 0 Å². The van der Waals surface area contributed by atoms with Crippen LogP contribution in [-0.4, -0.2) is 43.3 Å². The maximum atomic E-state index is 14.6. The van der Waals surface area contributed by atoms with Crippen molar-refractivity contribution in [3.63, 3.8) is 0 Å². The number of nitrogens with one attached hydrogen (secondary N) is 1. The molecule has 0 radical (unpaired) electrons. The largest absolute Gasteiger partial charge is 0.350 e. The Morgan fingerprint density at radius 2 is 1.40 bits per heavy atom. The molecular weight excluding hydrogens is 629 g/mol. The first-order valence-corrected chi connectivity index (χ1v) is 16.7. The van der Waals surface area contributed by atoms with E-state index in [2.05, 4.69) is 5.32 Å². The summed E-state index contributed by atoms with van der Waals surface area (Å²) in [6.07, 6.45) is 0.200. The molecule has 0 saturated heterocycles. The fraction of sp³-hybridized carbons (Fsp3) is 0.257. The van der Waals surface area contributed by atoms with Crippen LogP contribution in [0.5, 0.6) is 0 Å². The summed E-state index contributed by atoms with van der Waals surface area (Å²) in [5.41, 5.74) is 1.92. The van der Waals surface area contributed by atoms with E-state index in [1.807, 2.05) is 51.1 Å². The Balaban J connectivity index is 1.84. The Morgan fingerprint density at radius 1 is 0.800 bits per heavy atom. The standard InChI is InChI=1S/C35H37Cl2N3O4S/c1-25-13-11-12-18-31(25)40(45(43,44)28-16-9-6-10-17-28)24-33(41)39(23-27-19-20-29(36)30(37)21-27)32(34(42)38-35(2,3)4)22-26-14-7-5-8-15-26/h5-21,32H,22-24H2,1-4H3,(H,38,42)/t32-/m1/s1. The number of carbonyl (C=O) groups excluding carboxylic acids is 2. The van der Waals surface area contributed by atoms with Gasteiger partial charge in [0, 0.05) is 18.5 Å². The molecule has 2 amide bonds. The second-order valence-electron chi connectivity index (χ2n) is 11.8. The summed E-state index contributed by atoms with van der Waals surface area (Å²) in [4.78, 5) is 30.0. The first kappa shape index (κ1) is 34.0. The number of sulfonamides is 1.